The minimum Gasteiger partial charge on any atom is -0.402 e. The van der Waals surface area contributed by atoms with Crippen molar-refractivity contribution in [3.8, 4) is 0 Å². The van der Waals surface area contributed by atoms with Gasteiger partial charge in [-0.1, -0.05) is 38.4 Å². The molecule has 1 aliphatic heterocycles. The highest BCUT2D eigenvalue weighted by molar-refractivity contribution is 6.76. The Balaban J connectivity index is 1.94. The van der Waals surface area contributed by atoms with E-state index in [0.717, 1.165) is 65.7 Å². The SMILES string of the molecule is C=C(/C=C\C=C(/C)N)c1ncnc2c1c(C1CCCO1)cn2COCC[Si](C)(C)C. The Bertz CT molecular complexity index is 946. The Labute approximate surface area is 180 Å². The maximum absolute atomic E-state index is 6.01. The quantitative estimate of drug-likeness (QED) is 0.346. The van der Waals surface area contributed by atoms with Gasteiger partial charge in [-0.25, -0.2) is 9.97 Å². The molecule has 1 aliphatic rings. The number of fused-ring (bicyclic) bond motifs is 1. The lowest BCUT2D eigenvalue weighted by molar-refractivity contribution is 0.0884. The highest BCUT2D eigenvalue weighted by Crippen LogP contribution is 2.37. The Morgan fingerprint density at radius 3 is 2.87 bits per heavy atom. The molecule has 2 aromatic heterocycles. The van der Waals surface area contributed by atoms with Crippen LogP contribution in [0.5, 0.6) is 0 Å². The highest BCUT2D eigenvalue weighted by atomic mass is 28.3. The molecule has 2 aromatic rings. The number of nitrogens with two attached hydrogens (primary N) is 1. The molecule has 0 radical (unpaired) electrons. The molecule has 0 spiro atoms. The van der Waals surface area contributed by atoms with Gasteiger partial charge in [-0.2, -0.15) is 0 Å². The molecular weight excluding hydrogens is 392 g/mol. The van der Waals surface area contributed by atoms with E-state index in [9.17, 15) is 0 Å². The third kappa shape index (κ3) is 5.68. The third-order valence-electron chi connectivity index (χ3n) is 5.15. The predicted molar refractivity (Wildman–Crippen MR) is 126 cm³/mol. The molecule has 0 aromatic carbocycles. The topological polar surface area (TPSA) is 75.2 Å². The summed E-state index contributed by atoms with van der Waals surface area (Å²) in [6.45, 7) is 15.2. The normalized spacial score (nSPS) is 18.0. The van der Waals surface area contributed by atoms with Crippen molar-refractivity contribution in [1.82, 2.24) is 14.5 Å². The van der Waals surface area contributed by atoms with Crippen LogP contribution in [0.1, 0.15) is 37.1 Å². The van der Waals surface area contributed by atoms with Crippen molar-refractivity contribution in [1.29, 1.82) is 0 Å². The predicted octanol–water partition coefficient (Wildman–Crippen LogP) is 5.03. The standard InChI is InChI=1S/C23H34N4O2Si/c1-17(8-6-9-18(2)24)22-21-19(20-10-7-11-29-20)14-27(23(21)26-15-25-22)16-28-12-13-30(3,4)5/h6,8-9,14-15,20H,1,7,10-13,16,24H2,2-5H3/b8-6-,18-9+. The number of hydrogen-bond donors (Lipinski definition) is 1. The smallest absolute Gasteiger partial charge is 0.146 e. The molecule has 0 saturated carbocycles. The Kier molecular flexibility index (Phi) is 7.28. The van der Waals surface area contributed by atoms with Gasteiger partial charge < -0.3 is 19.8 Å². The summed E-state index contributed by atoms with van der Waals surface area (Å²) < 4.78 is 14.1. The molecule has 0 aliphatic carbocycles. The molecule has 0 amide bonds. The molecule has 1 atom stereocenters. The van der Waals surface area contributed by atoms with E-state index < -0.39 is 8.07 Å². The van der Waals surface area contributed by atoms with Gasteiger partial charge in [-0.05, 0) is 37.5 Å². The fraction of sp³-hybridized carbons (Fsp3) is 0.478. The summed E-state index contributed by atoms with van der Waals surface area (Å²) in [5.41, 5.74) is 10.1. The fourth-order valence-corrected chi connectivity index (χ4v) is 4.26. The summed E-state index contributed by atoms with van der Waals surface area (Å²) in [5.74, 6) is 0. The first kappa shape index (κ1) is 22.5. The van der Waals surface area contributed by atoms with Crippen molar-refractivity contribution in [3.05, 3.63) is 54.3 Å². The molecule has 1 saturated heterocycles. The summed E-state index contributed by atoms with van der Waals surface area (Å²) in [5, 5.41) is 1.00. The van der Waals surface area contributed by atoms with Gasteiger partial charge in [0, 0.05) is 38.7 Å². The summed E-state index contributed by atoms with van der Waals surface area (Å²) >= 11 is 0. The van der Waals surface area contributed by atoms with Crippen molar-refractivity contribution < 1.29 is 9.47 Å². The van der Waals surface area contributed by atoms with Gasteiger partial charge in [0.05, 0.1) is 17.2 Å². The van der Waals surface area contributed by atoms with Crippen molar-refractivity contribution in [2.75, 3.05) is 13.2 Å². The van der Waals surface area contributed by atoms with Gasteiger partial charge >= 0.3 is 0 Å². The molecule has 6 nitrogen and oxygen atoms in total. The van der Waals surface area contributed by atoms with Crippen LogP contribution in [0.25, 0.3) is 16.6 Å². The highest BCUT2D eigenvalue weighted by Gasteiger charge is 2.25. The lowest BCUT2D eigenvalue weighted by Gasteiger charge is -2.15. The molecule has 3 heterocycles. The van der Waals surface area contributed by atoms with Crippen LogP contribution in [-0.4, -0.2) is 35.8 Å². The van der Waals surface area contributed by atoms with E-state index in [1.54, 1.807) is 6.33 Å². The summed E-state index contributed by atoms with van der Waals surface area (Å²) in [6, 6.07) is 1.14. The van der Waals surface area contributed by atoms with E-state index in [0.29, 0.717) is 6.73 Å². The Morgan fingerprint density at radius 1 is 1.40 bits per heavy atom. The first-order valence-corrected chi connectivity index (χ1v) is 14.3. The van der Waals surface area contributed by atoms with Crippen LogP contribution in [0.3, 0.4) is 0 Å². The van der Waals surface area contributed by atoms with Crippen LogP contribution in [0, 0.1) is 0 Å². The second-order valence-electron chi connectivity index (χ2n) is 9.12. The minimum absolute atomic E-state index is 0.0587. The van der Waals surface area contributed by atoms with Gasteiger partial charge in [0.2, 0.25) is 0 Å². The first-order chi connectivity index (χ1) is 14.3. The van der Waals surface area contributed by atoms with Gasteiger partial charge in [0.25, 0.3) is 0 Å². The number of hydrogen-bond acceptors (Lipinski definition) is 5. The molecule has 3 rings (SSSR count). The van der Waals surface area contributed by atoms with Gasteiger partial charge in [-0.15, -0.1) is 0 Å². The van der Waals surface area contributed by atoms with E-state index in [-0.39, 0.29) is 6.10 Å². The van der Waals surface area contributed by atoms with Crippen molar-refractivity contribution in [2.45, 2.75) is 58.3 Å². The largest absolute Gasteiger partial charge is 0.402 e. The molecule has 30 heavy (non-hydrogen) atoms. The number of nitrogens with zero attached hydrogens (tertiary/aromatic N) is 3. The maximum atomic E-state index is 6.01. The fourth-order valence-electron chi connectivity index (χ4n) is 3.50. The second-order valence-corrected chi connectivity index (χ2v) is 14.7. The monoisotopic (exact) mass is 426 g/mol. The molecule has 1 unspecified atom stereocenters. The summed E-state index contributed by atoms with van der Waals surface area (Å²) in [6.07, 6.45) is 11.5. The molecule has 1 fully saturated rings. The van der Waals surface area contributed by atoms with Crippen LogP contribution in [0.15, 0.2) is 43.0 Å². The van der Waals surface area contributed by atoms with Crippen molar-refractivity contribution in [3.63, 3.8) is 0 Å². The Morgan fingerprint density at radius 2 is 2.20 bits per heavy atom. The van der Waals surface area contributed by atoms with Crippen LogP contribution in [-0.2, 0) is 16.2 Å². The second kappa shape index (κ2) is 9.72. The Hall–Kier alpha value is -2.22. The maximum Gasteiger partial charge on any atom is 0.146 e. The van der Waals surface area contributed by atoms with Crippen LogP contribution in [0.2, 0.25) is 25.7 Å². The van der Waals surface area contributed by atoms with E-state index in [1.807, 2.05) is 25.2 Å². The number of allylic oxidation sites excluding steroid dienone is 5. The average Bonchev–Trinajstić information content (AvgIpc) is 3.32. The third-order valence-corrected chi connectivity index (χ3v) is 6.85. The number of rotatable bonds is 9. The summed E-state index contributed by atoms with van der Waals surface area (Å²) in [7, 11) is -1.12. The van der Waals surface area contributed by atoms with Gasteiger partial charge in [0.1, 0.15) is 18.7 Å². The molecule has 2 N–H and O–H groups in total. The number of ether oxygens (including phenoxy) is 2. The lowest BCUT2D eigenvalue weighted by Crippen LogP contribution is -2.22. The van der Waals surface area contributed by atoms with Gasteiger partial charge in [-0.3, -0.25) is 0 Å². The van der Waals surface area contributed by atoms with E-state index in [4.69, 9.17) is 15.2 Å². The average molecular weight is 427 g/mol. The molecule has 0 bridgehead atoms. The molecule has 162 valence electrons. The van der Waals surface area contributed by atoms with Gasteiger partial charge in [0.15, 0.2) is 0 Å². The first-order valence-electron chi connectivity index (χ1n) is 10.6. The van der Waals surface area contributed by atoms with Crippen molar-refractivity contribution >= 4 is 24.7 Å². The zero-order valence-electron chi connectivity index (χ0n) is 18.6. The molecule has 7 heteroatoms. The van der Waals surface area contributed by atoms with E-state index >= 15 is 0 Å². The lowest BCUT2D eigenvalue weighted by atomic mass is 10.0. The van der Waals surface area contributed by atoms with Crippen LogP contribution in [0.4, 0.5) is 0 Å². The van der Waals surface area contributed by atoms with E-state index in [1.165, 1.54) is 0 Å². The zero-order chi connectivity index (χ0) is 21.7. The van der Waals surface area contributed by atoms with E-state index in [2.05, 4.69) is 47.0 Å². The zero-order valence-corrected chi connectivity index (χ0v) is 19.6. The molecular formula is C23H34N4O2Si. The van der Waals surface area contributed by atoms with Crippen molar-refractivity contribution in [2.24, 2.45) is 5.73 Å². The minimum atomic E-state index is -1.12. The van der Waals surface area contributed by atoms with Crippen LogP contribution >= 0.6 is 0 Å². The summed E-state index contributed by atoms with van der Waals surface area (Å²) in [4.78, 5) is 9.14. The van der Waals surface area contributed by atoms with Crippen LogP contribution < -0.4 is 5.73 Å². The number of aromatic nitrogens is 3.